The molecule has 1 aliphatic carbocycles. The Hall–Kier alpha value is -7.94. The maximum atomic E-state index is 2.42. The first kappa shape index (κ1) is 38.3. The van der Waals surface area contributed by atoms with Gasteiger partial charge in [0.1, 0.15) is 0 Å². The number of rotatable bonds is 11. The van der Waals surface area contributed by atoms with E-state index in [9.17, 15) is 0 Å². The zero-order chi connectivity index (χ0) is 41.5. The molecule has 2 nitrogen and oxygen atoms in total. The van der Waals surface area contributed by atoms with Crippen LogP contribution in [0.4, 0.5) is 28.4 Å². The molecule has 0 radical (unpaired) electrons. The minimum Gasteiger partial charge on any atom is -0.310 e. The number of hydrogen-bond acceptors (Lipinski definition) is 2. The van der Waals surface area contributed by atoms with Crippen molar-refractivity contribution < 1.29 is 0 Å². The van der Waals surface area contributed by atoms with Gasteiger partial charge in [-0.2, -0.15) is 0 Å². The first-order chi connectivity index (χ1) is 30.8. The van der Waals surface area contributed by atoms with Gasteiger partial charge in [0, 0.05) is 33.9 Å². The molecular formula is C60H46N2. The molecule has 0 atom stereocenters. The Bertz CT molecular complexity index is 2970. The van der Waals surface area contributed by atoms with Crippen molar-refractivity contribution in [2.45, 2.75) is 12.8 Å². The van der Waals surface area contributed by atoms with Crippen LogP contribution in [0.3, 0.4) is 0 Å². The van der Waals surface area contributed by atoms with E-state index >= 15 is 0 Å². The number of benzene rings is 9. The second-order valence-corrected chi connectivity index (χ2v) is 15.6. The Morgan fingerprint density at radius 2 is 0.661 bits per heavy atom. The fourth-order valence-corrected chi connectivity index (χ4v) is 8.60. The van der Waals surface area contributed by atoms with Crippen molar-refractivity contribution in [3.05, 3.63) is 261 Å². The summed E-state index contributed by atoms with van der Waals surface area (Å²) in [7, 11) is 0. The maximum Gasteiger partial charge on any atom is 0.0540 e. The van der Waals surface area contributed by atoms with E-state index in [0.717, 1.165) is 58.0 Å². The third-order valence-corrected chi connectivity index (χ3v) is 11.7. The van der Waals surface area contributed by atoms with Crippen molar-refractivity contribution >= 4 is 28.4 Å². The van der Waals surface area contributed by atoms with E-state index in [1.165, 1.54) is 44.6 Å². The monoisotopic (exact) mass is 794 g/mol. The molecule has 9 aromatic carbocycles. The third kappa shape index (κ3) is 8.02. The molecule has 0 N–H and O–H groups in total. The molecule has 0 heterocycles. The van der Waals surface area contributed by atoms with Crippen LogP contribution in [-0.2, 0) is 0 Å². The Balaban J connectivity index is 0.989. The zero-order valence-corrected chi connectivity index (χ0v) is 34.6. The quantitative estimate of drug-likeness (QED) is 0.129. The van der Waals surface area contributed by atoms with Gasteiger partial charge in [0.25, 0.3) is 0 Å². The summed E-state index contributed by atoms with van der Waals surface area (Å²) in [4.78, 5) is 4.78. The largest absolute Gasteiger partial charge is 0.310 e. The fourth-order valence-electron chi connectivity index (χ4n) is 8.60. The molecule has 9 aromatic rings. The van der Waals surface area contributed by atoms with E-state index in [-0.39, 0.29) is 0 Å². The molecule has 0 saturated heterocycles. The summed E-state index contributed by atoms with van der Waals surface area (Å²) in [5.74, 6) is 0. The number of anilines is 5. The van der Waals surface area contributed by atoms with Crippen molar-refractivity contribution in [3.63, 3.8) is 0 Å². The second kappa shape index (κ2) is 17.7. The fraction of sp³-hybridized carbons (Fsp3) is 0.0333. The van der Waals surface area contributed by atoms with Gasteiger partial charge in [-0.15, -0.1) is 0 Å². The van der Waals surface area contributed by atoms with Crippen molar-refractivity contribution in [1.29, 1.82) is 0 Å². The van der Waals surface area contributed by atoms with Crippen LogP contribution >= 0.6 is 0 Å². The molecule has 0 aromatic heterocycles. The molecule has 1 aliphatic rings. The van der Waals surface area contributed by atoms with Gasteiger partial charge in [-0.1, -0.05) is 194 Å². The van der Waals surface area contributed by atoms with Crippen molar-refractivity contribution in [2.24, 2.45) is 0 Å². The van der Waals surface area contributed by atoms with Gasteiger partial charge >= 0.3 is 0 Å². The number of nitrogens with zero attached hydrogens (tertiary/aromatic N) is 2. The van der Waals surface area contributed by atoms with Crippen molar-refractivity contribution in [3.8, 4) is 55.6 Å². The molecule has 0 saturated carbocycles. The van der Waals surface area contributed by atoms with E-state index in [4.69, 9.17) is 0 Å². The molecule has 2 heteroatoms. The van der Waals surface area contributed by atoms with Gasteiger partial charge < -0.3 is 9.80 Å². The van der Waals surface area contributed by atoms with Crippen LogP contribution in [0.15, 0.2) is 261 Å². The first-order valence-electron chi connectivity index (χ1n) is 21.5. The Morgan fingerprint density at radius 3 is 1.19 bits per heavy atom. The third-order valence-electron chi connectivity index (χ3n) is 11.7. The molecule has 0 amide bonds. The van der Waals surface area contributed by atoms with Crippen LogP contribution in [0.5, 0.6) is 0 Å². The lowest BCUT2D eigenvalue weighted by atomic mass is 9.96. The van der Waals surface area contributed by atoms with E-state index < -0.39 is 0 Å². The molecule has 0 spiro atoms. The summed E-state index contributed by atoms with van der Waals surface area (Å²) in [5.41, 5.74) is 18.7. The highest BCUT2D eigenvalue weighted by molar-refractivity contribution is 5.91. The number of hydrogen-bond donors (Lipinski definition) is 0. The number of allylic oxidation sites excluding steroid dienone is 3. The minimum atomic E-state index is 1.01. The first-order valence-corrected chi connectivity index (χ1v) is 21.5. The normalized spacial score (nSPS) is 12.1. The Morgan fingerprint density at radius 1 is 0.274 bits per heavy atom. The maximum absolute atomic E-state index is 2.42. The van der Waals surface area contributed by atoms with Crippen LogP contribution in [0.2, 0.25) is 0 Å². The smallest absolute Gasteiger partial charge is 0.0540 e. The molecule has 0 fully saturated rings. The summed E-state index contributed by atoms with van der Waals surface area (Å²) in [6.45, 7) is 0. The van der Waals surface area contributed by atoms with Gasteiger partial charge in [0.2, 0.25) is 0 Å². The highest BCUT2D eigenvalue weighted by atomic mass is 15.2. The Labute approximate surface area is 365 Å². The average molecular weight is 795 g/mol. The predicted molar refractivity (Wildman–Crippen MR) is 263 cm³/mol. The van der Waals surface area contributed by atoms with Gasteiger partial charge in [0.05, 0.1) is 11.4 Å². The van der Waals surface area contributed by atoms with Crippen LogP contribution < -0.4 is 9.80 Å². The van der Waals surface area contributed by atoms with E-state index in [1.54, 1.807) is 0 Å². The summed E-state index contributed by atoms with van der Waals surface area (Å²) in [6.07, 6.45) is 8.99. The van der Waals surface area contributed by atoms with Crippen LogP contribution in [0.1, 0.15) is 12.8 Å². The highest BCUT2D eigenvalue weighted by Crippen LogP contribution is 2.43. The average Bonchev–Trinajstić information content (AvgIpc) is 3.36. The second-order valence-electron chi connectivity index (χ2n) is 15.6. The summed E-state index contributed by atoms with van der Waals surface area (Å²) in [5, 5.41) is 0. The molecule has 0 unspecified atom stereocenters. The van der Waals surface area contributed by atoms with Gasteiger partial charge in [-0.25, -0.2) is 0 Å². The van der Waals surface area contributed by atoms with Crippen LogP contribution in [0, 0.1) is 0 Å². The summed E-state index contributed by atoms with van der Waals surface area (Å²) >= 11 is 0. The molecule has 10 rings (SSSR count). The Kier molecular flexibility index (Phi) is 10.9. The lowest BCUT2D eigenvalue weighted by Gasteiger charge is -2.30. The van der Waals surface area contributed by atoms with Crippen molar-refractivity contribution in [1.82, 2.24) is 0 Å². The van der Waals surface area contributed by atoms with Gasteiger partial charge in [-0.05, 0) is 118 Å². The van der Waals surface area contributed by atoms with Gasteiger partial charge in [0.15, 0.2) is 0 Å². The molecule has 0 aliphatic heterocycles. The van der Waals surface area contributed by atoms with Crippen LogP contribution in [-0.4, -0.2) is 0 Å². The number of para-hydroxylation sites is 3. The summed E-state index contributed by atoms with van der Waals surface area (Å²) < 4.78 is 0. The molecule has 62 heavy (non-hydrogen) atoms. The molecular weight excluding hydrogens is 749 g/mol. The van der Waals surface area contributed by atoms with E-state index in [1.807, 2.05) is 0 Å². The lowest BCUT2D eigenvalue weighted by Crippen LogP contribution is -2.17. The van der Waals surface area contributed by atoms with E-state index in [0.29, 0.717) is 0 Å². The standard InChI is InChI=1S/C60H46N2/c1-5-18-45(19-6-1)47-36-40-55(41-37-47)61(53-24-9-3-10-25-53)59-30-15-13-28-57(59)49-32-34-50(35-33-49)58-29-14-16-31-60(58)62(54-26-11-4-12-27-54)56-42-38-48(39-43-56)52-23-17-22-51(44-52)46-20-7-2-8-21-46/h1-3,5-11,13-44H,4,12H2. The molecule has 0 bridgehead atoms. The lowest BCUT2D eigenvalue weighted by molar-refractivity contribution is 0.997. The SMILES string of the molecule is C1=CC(N(c2ccc(-c3cccc(-c4ccccc4)c3)cc2)c2ccccc2-c2ccc(-c3ccccc3N(c3ccccc3)c3ccc(-c4ccccc4)cc3)cc2)=CCC1. The predicted octanol–water partition coefficient (Wildman–Crippen LogP) is 16.9. The van der Waals surface area contributed by atoms with Crippen LogP contribution in [0.25, 0.3) is 55.6 Å². The minimum absolute atomic E-state index is 1.01. The van der Waals surface area contributed by atoms with Gasteiger partial charge in [-0.3, -0.25) is 0 Å². The van der Waals surface area contributed by atoms with E-state index in [2.05, 4.69) is 265 Å². The summed E-state index contributed by atoms with van der Waals surface area (Å²) in [6, 6.07) is 85.2. The molecule has 296 valence electrons. The zero-order valence-electron chi connectivity index (χ0n) is 34.6. The topological polar surface area (TPSA) is 6.48 Å². The highest BCUT2D eigenvalue weighted by Gasteiger charge is 2.20. The van der Waals surface area contributed by atoms with Crippen molar-refractivity contribution in [2.75, 3.05) is 9.80 Å².